The molecule has 0 unspecified atom stereocenters. The first kappa shape index (κ1) is 18.2. The average Bonchev–Trinajstić information content (AvgIpc) is 3.30. The van der Waals surface area contributed by atoms with Crippen LogP contribution >= 0.6 is 0 Å². The van der Waals surface area contributed by atoms with Crippen LogP contribution in [0.25, 0.3) is 0 Å². The summed E-state index contributed by atoms with van der Waals surface area (Å²) in [4.78, 5) is 12.9. The molecule has 2 aliphatic rings. The van der Waals surface area contributed by atoms with E-state index in [4.69, 9.17) is 10.9 Å². The molecule has 0 bridgehead atoms. The summed E-state index contributed by atoms with van der Waals surface area (Å²) in [6, 6.07) is 8.35. The van der Waals surface area contributed by atoms with Gasteiger partial charge >= 0.3 is 6.03 Å². The van der Waals surface area contributed by atoms with Gasteiger partial charge in [-0.15, -0.1) is 4.36 Å². The van der Waals surface area contributed by atoms with E-state index in [1.54, 1.807) is 24.3 Å². The normalized spacial score (nSPS) is 17.1. The SMILES string of the molecule is NCc1ccc([S@@](N)(=O)=NC(=O)Nc2c3c(cc4c2CCC4)CCC3)cc1. The van der Waals surface area contributed by atoms with Crippen molar-refractivity contribution in [3.8, 4) is 0 Å². The lowest BCUT2D eigenvalue weighted by Gasteiger charge is -2.15. The number of benzene rings is 2. The third-order valence-corrected chi connectivity index (χ3v) is 6.80. The second-order valence-corrected chi connectivity index (χ2v) is 8.96. The molecule has 27 heavy (non-hydrogen) atoms. The predicted molar refractivity (Wildman–Crippen MR) is 107 cm³/mol. The number of aryl methyl sites for hydroxylation is 2. The number of anilines is 1. The molecular weight excluding hydrogens is 360 g/mol. The van der Waals surface area contributed by atoms with Crippen LogP contribution in [0.1, 0.15) is 40.7 Å². The molecule has 2 aromatic carbocycles. The van der Waals surface area contributed by atoms with E-state index in [0.717, 1.165) is 49.8 Å². The molecule has 0 saturated carbocycles. The van der Waals surface area contributed by atoms with Gasteiger partial charge in [0.25, 0.3) is 0 Å². The third kappa shape index (κ3) is 3.50. The average molecular weight is 385 g/mol. The van der Waals surface area contributed by atoms with Gasteiger partial charge in [0.1, 0.15) is 9.92 Å². The summed E-state index contributed by atoms with van der Waals surface area (Å²) in [5.74, 6) is 0. The highest BCUT2D eigenvalue weighted by Crippen LogP contribution is 2.38. The largest absolute Gasteiger partial charge is 0.354 e. The zero-order valence-corrected chi connectivity index (χ0v) is 16.0. The highest BCUT2D eigenvalue weighted by atomic mass is 32.2. The zero-order valence-electron chi connectivity index (χ0n) is 15.2. The second kappa shape index (κ2) is 7.07. The van der Waals surface area contributed by atoms with Crippen LogP contribution in [0.2, 0.25) is 0 Å². The molecule has 0 radical (unpaired) electrons. The standard InChI is InChI=1S/C20H24N4O2S/c21-12-13-7-9-16(10-8-13)27(22,26)24-20(25)23-19-17-5-1-3-14(17)11-15-4-2-6-18(15)19/h7-11H,1-6,12,21H2,(H3,22,23,24,25,26)/t27-/m0/s1. The highest BCUT2D eigenvalue weighted by Gasteiger charge is 2.25. The Hall–Kier alpha value is -2.22. The third-order valence-electron chi connectivity index (χ3n) is 5.42. The van der Waals surface area contributed by atoms with Crippen LogP contribution in [0.4, 0.5) is 10.5 Å². The van der Waals surface area contributed by atoms with Crippen molar-refractivity contribution in [3.05, 3.63) is 58.1 Å². The van der Waals surface area contributed by atoms with Crippen molar-refractivity contribution < 1.29 is 9.00 Å². The maximum atomic E-state index is 12.8. The van der Waals surface area contributed by atoms with Crippen molar-refractivity contribution in [2.45, 2.75) is 50.0 Å². The first-order valence-corrected chi connectivity index (χ1v) is 10.9. The lowest BCUT2D eigenvalue weighted by molar-refractivity contribution is 0.260. The molecule has 2 aliphatic carbocycles. The molecule has 2 aromatic rings. The molecule has 2 amide bonds. The molecular formula is C20H24N4O2S. The van der Waals surface area contributed by atoms with E-state index in [0.29, 0.717) is 11.4 Å². The molecule has 0 spiro atoms. The molecule has 0 aromatic heterocycles. The second-order valence-electron chi connectivity index (χ2n) is 7.17. The fraction of sp³-hybridized carbons (Fsp3) is 0.350. The first-order chi connectivity index (χ1) is 13.0. The zero-order chi connectivity index (χ0) is 19.0. The summed E-state index contributed by atoms with van der Waals surface area (Å²) in [5.41, 5.74) is 12.4. The molecule has 0 fully saturated rings. The number of hydrogen-bond acceptors (Lipinski definition) is 3. The number of fused-ring (bicyclic) bond motifs is 2. The summed E-state index contributed by atoms with van der Waals surface area (Å²) in [5, 5.41) is 8.79. The van der Waals surface area contributed by atoms with Crippen molar-refractivity contribution in [3.63, 3.8) is 0 Å². The lowest BCUT2D eigenvalue weighted by Crippen LogP contribution is -2.19. The van der Waals surface area contributed by atoms with Crippen molar-refractivity contribution >= 4 is 21.6 Å². The van der Waals surface area contributed by atoms with Crippen LogP contribution in [-0.2, 0) is 42.1 Å². The maximum Gasteiger partial charge on any atom is 0.354 e. The molecule has 1 atom stereocenters. The molecule has 4 rings (SSSR count). The molecule has 6 nitrogen and oxygen atoms in total. The number of carbonyl (C=O) groups is 1. The number of carbonyl (C=O) groups excluding carboxylic acids is 1. The number of nitrogens with one attached hydrogen (secondary N) is 1. The summed E-state index contributed by atoms with van der Waals surface area (Å²) in [7, 11) is -3.31. The molecule has 142 valence electrons. The van der Waals surface area contributed by atoms with Gasteiger partial charge in [0.15, 0.2) is 0 Å². The Balaban J connectivity index is 1.65. The number of hydrogen-bond donors (Lipinski definition) is 3. The van der Waals surface area contributed by atoms with Crippen LogP contribution in [0.3, 0.4) is 0 Å². The summed E-state index contributed by atoms with van der Waals surface area (Å²) in [6.45, 7) is 0.383. The number of nitrogens with two attached hydrogens (primary N) is 2. The monoisotopic (exact) mass is 384 g/mol. The van der Waals surface area contributed by atoms with Gasteiger partial charge in [-0.25, -0.2) is 14.1 Å². The van der Waals surface area contributed by atoms with Crippen molar-refractivity contribution in [1.82, 2.24) is 0 Å². The summed E-state index contributed by atoms with van der Waals surface area (Å²) in [6.07, 6.45) is 6.19. The van der Waals surface area contributed by atoms with Crippen LogP contribution < -0.4 is 16.2 Å². The van der Waals surface area contributed by atoms with Gasteiger partial charge in [0.2, 0.25) is 0 Å². The van der Waals surface area contributed by atoms with Crippen molar-refractivity contribution in [2.75, 3.05) is 5.32 Å². The van der Waals surface area contributed by atoms with Crippen LogP contribution in [0.15, 0.2) is 39.6 Å². The Labute approximate surface area is 159 Å². The van der Waals surface area contributed by atoms with Gasteiger partial charge in [0, 0.05) is 12.2 Å². The predicted octanol–water partition coefficient (Wildman–Crippen LogP) is 3.06. The Bertz CT molecular complexity index is 989. The fourth-order valence-electron chi connectivity index (χ4n) is 4.09. The summed E-state index contributed by atoms with van der Waals surface area (Å²) < 4.78 is 16.6. The Morgan fingerprint density at radius 3 is 2.19 bits per heavy atom. The highest BCUT2D eigenvalue weighted by molar-refractivity contribution is 7.91. The van der Waals surface area contributed by atoms with Crippen molar-refractivity contribution in [1.29, 1.82) is 0 Å². The van der Waals surface area contributed by atoms with Crippen LogP contribution in [0, 0.1) is 0 Å². The van der Waals surface area contributed by atoms with Gasteiger partial charge in [-0.1, -0.05) is 18.2 Å². The van der Waals surface area contributed by atoms with E-state index >= 15 is 0 Å². The first-order valence-electron chi connectivity index (χ1n) is 9.29. The summed E-state index contributed by atoms with van der Waals surface area (Å²) >= 11 is 0. The Morgan fingerprint density at radius 2 is 1.63 bits per heavy atom. The Kier molecular flexibility index (Phi) is 4.75. The number of amides is 2. The minimum atomic E-state index is -3.31. The minimum Gasteiger partial charge on any atom is -0.326 e. The Morgan fingerprint density at radius 1 is 1.04 bits per heavy atom. The van der Waals surface area contributed by atoms with Crippen LogP contribution in [-0.4, -0.2) is 10.2 Å². The topological polar surface area (TPSA) is 111 Å². The minimum absolute atomic E-state index is 0.318. The molecule has 5 N–H and O–H groups in total. The van der Waals surface area contributed by atoms with E-state index < -0.39 is 15.9 Å². The van der Waals surface area contributed by atoms with Gasteiger partial charge in [-0.2, -0.15) is 0 Å². The van der Waals surface area contributed by atoms with E-state index in [1.165, 1.54) is 22.3 Å². The number of nitrogens with zero attached hydrogens (tertiary/aromatic N) is 1. The van der Waals surface area contributed by atoms with E-state index in [2.05, 4.69) is 15.7 Å². The van der Waals surface area contributed by atoms with E-state index in [1.807, 2.05) is 0 Å². The number of urea groups is 1. The van der Waals surface area contributed by atoms with Crippen molar-refractivity contribution in [2.24, 2.45) is 15.2 Å². The molecule has 0 saturated heterocycles. The molecule has 0 heterocycles. The molecule has 0 aliphatic heterocycles. The lowest BCUT2D eigenvalue weighted by atomic mass is 9.99. The quantitative estimate of drug-likeness (QED) is 0.756. The van der Waals surface area contributed by atoms with Gasteiger partial charge in [-0.05, 0) is 78.5 Å². The van der Waals surface area contributed by atoms with E-state index in [-0.39, 0.29) is 0 Å². The fourth-order valence-corrected chi connectivity index (χ4v) is 5.02. The molecule has 7 heteroatoms. The number of rotatable bonds is 3. The van der Waals surface area contributed by atoms with Crippen LogP contribution in [0.5, 0.6) is 0 Å². The van der Waals surface area contributed by atoms with Gasteiger partial charge < -0.3 is 11.1 Å². The van der Waals surface area contributed by atoms with Gasteiger partial charge in [-0.3, -0.25) is 0 Å². The van der Waals surface area contributed by atoms with E-state index in [9.17, 15) is 9.00 Å². The maximum absolute atomic E-state index is 12.8. The van der Waals surface area contributed by atoms with Gasteiger partial charge in [0.05, 0.1) is 4.90 Å². The smallest absolute Gasteiger partial charge is 0.326 e.